The summed E-state index contributed by atoms with van der Waals surface area (Å²) in [5.74, 6) is 0.304. The summed E-state index contributed by atoms with van der Waals surface area (Å²) in [6.45, 7) is 6.65. The fraction of sp³-hybridized carbons (Fsp3) is 0.312. The highest BCUT2D eigenvalue weighted by atomic mass is 16.5. The van der Waals surface area contributed by atoms with E-state index < -0.39 is 17.7 Å². The number of hydrogen-bond acceptors (Lipinski definition) is 7. The molecule has 1 aliphatic rings. The van der Waals surface area contributed by atoms with Crippen molar-refractivity contribution in [2.45, 2.75) is 39.2 Å². The number of phenols is 1. The van der Waals surface area contributed by atoms with Crippen LogP contribution in [0.25, 0.3) is 5.76 Å². The lowest BCUT2D eigenvalue weighted by molar-refractivity contribution is -0.139. The van der Waals surface area contributed by atoms with Crippen molar-refractivity contribution in [1.29, 1.82) is 0 Å². The minimum absolute atomic E-state index is 0.00173. The van der Waals surface area contributed by atoms with Crippen molar-refractivity contribution in [3.05, 3.63) is 88.5 Å². The van der Waals surface area contributed by atoms with E-state index >= 15 is 0 Å². The zero-order valence-corrected chi connectivity index (χ0v) is 23.4. The Bertz CT molecular complexity index is 1430. The molecule has 210 valence electrons. The summed E-state index contributed by atoms with van der Waals surface area (Å²) >= 11 is 0. The smallest absolute Gasteiger partial charge is 0.295 e. The number of carbonyl (C=O) groups excluding carboxylic acids is 2. The van der Waals surface area contributed by atoms with Gasteiger partial charge in [0.25, 0.3) is 11.7 Å². The molecule has 1 heterocycles. The highest BCUT2D eigenvalue weighted by Gasteiger charge is 2.46. The first kappa shape index (κ1) is 28.5. The molecule has 1 saturated heterocycles. The molecule has 8 heteroatoms. The van der Waals surface area contributed by atoms with Crippen molar-refractivity contribution in [2.75, 3.05) is 27.4 Å². The van der Waals surface area contributed by atoms with Crippen molar-refractivity contribution >= 4 is 17.4 Å². The van der Waals surface area contributed by atoms with Crippen LogP contribution < -0.4 is 14.2 Å². The number of Topliss-reactive ketones (excluding diaryl/α,β-unsaturated/α-hetero) is 1. The maximum atomic E-state index is 13.4. The van der Waals surface area contributed by atoms with Crippen molar-refractivity contribution in [1.82, 2.24) is 4.90 Å². The second kappa shape index (κ2) is 12.2. The number of aliphatic hydroxyl groups is 1. The van der Waals surface area contributed by atoms with E-state index in [0.29, 0.717) is 41.4 Å². The number of ether oxygens (including phenoxy) is 3. The molecular weight excluding hydrogens is 510 g/mol. The molecule has 40 heavy (non-hydrogen) atoms. The molecule has 1 aliphatic heterocycles. The number of nitrogens with zero attached hydrogens (tertiary/aromatic N) is 1. The lowest BCUT2D eigenvalue weighted by Crippen LogP contribution is -2.31. The zero-order chi connectivity index (χ0) is 29.0. The van der Waals surface area contributed by atoms with E-state index in [0.717, 1.165) is 11.1 Å². The molecule has 0 aromatic heterocycles. The van der Waals surface area contributed by atoms with E-state index in [1.54, 1.807) is 50.6 Å². The second-order valence-corrected chi connectivity index (χ2v) is 9.86. The zero-order valence-electron chi connectivity index (χ0n) is 23.4. The highest BCUT2D eigenvalue weighted by molar-refractivity contribution is 6.46. The second-order valence-electron chi connectivity index (χ2n) is 9.86. The number of aromatic hydroxyl groups is 1. The molecule has 0 aliphatic carbocycles. The number of amides is 1. The van der Waals surface area contributed by atoms with Gasteiger partial charge < -0.3 is 29.3 Å². The normalized spacial score (nSPS) is 16.4. The van der Waals surface area contributed by atoms with E-state index in [9.17, 15) is 19.8 Å². The Kier molecular flexibility index (Phi) is 8.67. The molecule has 1 unspecified atom stereocenters. The van der Waals surface area contributed by atoms with Gasteiger partial charge in [-0.1, -0.05) is 32.0 Å². The molecule has 0 bridgehead atoms. The van der Waals surface area contributed by atoms with Gasteiger partial charge in [0.05, 0.1) is 32.4 Å². The molecule has 1 fully saturated rings. The van der Waals surface area contributed by atoms with E-state index in [1.165, 1.54) is 17.0 Å². The quantitative estimate of drug-likeness (QED) is 0.194. The molecular formula is C32H35NO7. The van der Waals surface area contributed by atoms with Crippen LogP contribution in [0.15, 0.2) is 66.2 Å². The molecule has 3 aromatic carbocycles. The standard InChI is InChI=1S/C32H35NO7/c1-6-40-25-14-10-22(18-24(25)19(2)3)30(35)28-29(21-8-11-23(34)12-9-21)33(32(37)31(28)36)16-15-20-7-13-26(38-4)27(17-20)39-5/h7-14,17-19,29,34-35H,6,15-16H2,1-5H3/b30-28-. The van der Waals surface area contributed by atoms with Crippen LogP contribution in [0.3, 0.4) is 0 Å². The van der Waals surface area contributed by atoms with Gasteiger partial charge in [-0.3, -0.25) is 9.59 Å². The van der Waals surface area contributed by atoms with Gasteiger partial charge in [0.1, 0.15) is 17.3 Å². The van der Waals surface area contributed by atoms with Gasteiger partial charge in [-0.05, 0) is 78.4 Å². The number of carbonyl (C=O) groups is 2. The lowest BCUT2D eigenvalue weighted by Gasteiger charge is -2.25. The largest absolute Gasteiger partial charge is 0.508 e. The molecule has 3 aromatic rings. The Morgan fingerprint density at radius 2 is 1.60 bits per heavy atom. The van der Waals surface area contributed by atoms with E-state index in [-0.39, 0.29) is 29.5 Å². The van der Waals surface area contributed by atoms with Crippen LogP contribution in [-0.4, -0.2) is 54.2 Å². The number of likely N-dealkylation sites (tertiary alicyclic amines) is 1. The molecule has 2 N–H and O–H groups in total. The third-order valence-electron chi connectivity index (χ3n) is 7.04. The summed E-state index contributed by atoms with van der Waals surface area (Å²) in [5, 5.41) is 21.4. The first-order valence-corrected chi connectivity index (χ1v) is 13.2. The number of hydrogen-bond donors (Lipinski definition) is 2. The summed E-state index contributed by atoms with van der Waals surface area (Å²) in [5.41, 5.74) is 2.79. The molecule has 1 atom stereocenters. The van der Waals surface area contributed by atoms with Crippen LogP contribution in [-0.2, 0) is 16.0 Å². The van der Waals surface area contributed by atoms with Gasteiger partial charge >= 0.3 is 0 Å². The molecule has 1 amide bonds. The first-order valence-electron chi connectivity index (χ1n) is 13.2. The molecule has 0 saturated carbocycles. The Hall–Kier alpha value is -4.46. The maximum Gasteiger partial charge on any atom is 0.295 e. The Morgan fingerprint density at radius 1 is 0.925 bits per heavy atom. The number of methoxy groups -OCH3 is 2. The van der Waals surface area contributed by atoms with Crippen LogP contribution in [0.1, 0.15) is 55.0 Å². The summed E-state index contributed by atoms with van der Waals surface area (Å²) < 4.78 is 16.5. The van der Waals surface area contributed by atoms with Crippen LogP contribution in [0.5, 0.6) is 23.0 Å². The van der Waals surface area contributed by atoms with Crippen molar-refractivity contribution < 1.29 is 34.0 Å². The van der Waals surface area contributed by atoms with Crippen molar-refractivity contribution in [3.63, 3.8) is 0 Å². The minimum Gasteiger partial charge on any atom is -0.508 e. The topological polar surface area (TPSA) is 106 Å². The fourth-order valence-electron chi connectivity index (χ4n) is 4.99. The van der Waals surface area contributed by atoms with Gasteiger partial charge in [0.15, 0.2) is 11.5 Å². The minimum atomic E-state index is -0.838. The van der Waals surface area contributed by atoms with Crippen molar-refractivity contribution in [2.24, 2.45) is 0 Å². The van der Waals surface area contributed by atoms with Gasteiger partial charge in [0, 0.05) is 12.1 Å². The number of rotatable bonds is 10. The summed E-state index contributed by atoms with van der Waals surface area (Å²) in [7, 11) is 3.11. The van der Waals surface area contributed by atoms with E-state index in [4.69, 9.17) is 14.2 Å². The van der Waals surface area contributed by atoms with Gasteiger partial charge in [-0.25, -0.2) is 0 Å². The monoisotopic (exact) mass is 545 g/mol. The van der Waals surface area contributed by atoms with Gasteiger partial charge in [0.2, 0.25) is 0 Å². The lowest BCUT2D eigenvalue weighted by atomic mass is 9.93. The summed E-state index contributed by atoms with van der Waals surface area (Å²) in [6.07, 6.45) is 0.433. The predicted octanol–water partition coefficient (Wildman–Crippen LogP) is 5.60. The third-order valence-corrected chi connectivity index (χ3v) is 7.04. The SMILES string of the molecule is CCOc1ccc(/C(O)=C2/C(=O)C(=O)N(CCc3ccc(OC)c(OC)c3)C2c2ccc(O)cc2)cc1C(C)C. The first-order chi connectivity index (χ1) is 19.2. The predicted molar refractivity (Wildman–Crippen MR) is 152 cm³/mol. The van der Waals surface area contributed by atoms with E-state index in [2.05, 4.69) is 0 Å². The highest BCUT2D eigenvalue weighted by Crippen LogP contribution is 2.41. The number of benzene rings is 3. The van der Waals surface area contributed by atoms with Crippen molar-refractivity contribution in [3.8, 4) is 23.0 Å². The summed E-state index contributed by atoms with van der Waals surface area (Å²) in [6, 6.07) is 16.2. The Morgan fingerprint density at radius 3 is 2.23 bits per heavy atom. The fourth-order valence-corrected chi connectivity index (χ4v) is 4.99. The average Bonchev–Trinajstić information content (AvgIpc) is 3.21. The van der Waals surface area contributed by atoms with Crippen LogP contribution in [0.2, 0.25) is 0 Å². The molecule has 4 rings (SSSR count). The average molecular weight is 546 g/mol. The molecule has 0 spiro atoms. The molecule has 0 radical (unpaired) electrons. The van der Waals surface area contributed by atoms with Crippen LogP contribution in [0.4, 0.5) is 0 Å². The van der Waals surface area contributed by atoms with Crippen LogP contribution in [0, 0.1) is 0 Å². The number of ketones is 1. The van der Waals surface area contributed by atoms with Crippen LogP contribution >= 0.6 is 0 Å². The van der Waals surface area contributed by atoms with E-state index in [1.807, 2.05) is 32.9 Å². The molecule has 8 nitrogen and oxygen atoms in total. The Labute approximate surface area is 234 Å². The summed E-state index contributed by atoms with van der Waals surface area (Å²) in [4.78, 5) is 28.3. The number of phenolic OH excluding ortho intramolecular Hbond substituents is 1. The maximum absolute atomic E-state index is 13.4. The number of aliphatic hydroxyl groups excluding tert-OH is 1. The Balaban J connectivity index is 1.77. The van der Waals surface area contributed by atoms with Gasteiger partial charge in [-0.15, -0.1) is 0 Å². The van der Waals surface area contributed by atoms with Gasteiger partial charge in [-0.2, -0.15) is 0 Å². The third kappa shape index (κ3) is 5.61.